The van der Waals surface area contributed by atoms with Gasteiger partial charge in [-0.15, -0.1) is 0 Å². The van der Waals surface area contributed by atoms with E-state index in [-0.39, 0.29) is 29.3 Å². The van der Waals surface area contributed by atoms with Crippen LogP contribution in [0.5, 0.6) is 0 Å². The molecule has 0 bridgehead atoms. The zero-order valence-corrected chi connectivity index (χ0v) is 13.5. The first kappa shape index (κ1) is 16.3. The van der Waals surface area contributed by atoms with Crippen molar-refractivity contribution in [2.75, 3.05) is 13.2 Å². The van der Waals surface area contributed by atoms with E-state index in [9.17, 15) is 13.2 Å². The smallest absolute Gasteiger partial charge is 0.355 e. The number of hydrogen-bond acceptors (Lipinski definition) is 5. The minimum atomic E-state index is -3.88. The van der Waals surface area contributed by atoms with Gasteiger partial charge in [-0.25, -0.2) is 13.2 Å². The molecule has 21 heavy (non-hydrogen) atoms. The molecule has 1 atom stereocenters. The van der Waals surface area contributed by atoms with E-state index in [4.69, 9.17) is 20.2 Å². The molecule has 0 spiro atoms. The van der Waals surface area contributed by atoms with Crippen LogP contribution < -0.4 is 0 Å². The van der Waals surface area contributed by atoms with Gasteiger partial charge < -0.3 is 14.0 Å². The molecule has 1 unspecified atom stereocenters. The molecule has 0 saturated carbocycles. The molecule has 1 saturated heterocycles. The molecule has 1 aromatic heterocycles. The van der Waals surface area contributed by atoms with Crippen molar-refractivity contribution in [2.45, 2.75) is 43.7 Å². The van der Waals surface area contributed by atoms with Crippen molar-refractivity contribution in [1.82, 2.24) is 4.57 Å². The fourth-order valence-corrected chi connectivity index (χ4v) is 2.94. The van der Waals surface area contributed by atoms with E-state index in [1.807, 2.05) is 13.8 Å². The van der Waals surface area contributed by atoms with E-state index in [2.05, 4.69) is 0 Å². The van der Waals surface area contributed by atoms with Crippen LogP contribution >= 0.6 is 10.7 Å². The van der Waals surface area contributed by atoms with Gasteiger partial charge in [0, 0.05) is 29.5 Å². The summed E-state index contributed by atoms with van der Waals surface area (Å²) in [6, 6.07) is 1.14. The van der Waals surface area contributed by atoms with Gasteiger partial charge in [-0.2, -0.15) is 0 Å². The summed E-state index contributed by atoms with van der Waals surface area (Å²) in [6.07, 6.45) is 3.09. The van der Waals surface area contributed by atoms with Gasteiger partial charge in [0.05, 0.1) is 6.10 Å². The minimum absolute atomic E-state index is 0.0763. The van der Waals surface area contributed by atoms with Crippen LogP contribution in [-0.4, -0.2) is 38.3 Å². The van der Waals surface area contributed by atoms with E-state index < -0.39 is 15.0 Å². The first-order valence-electron chi connectivity index (χ1n) is 6.74. The number of esters is 1. The number of halogens is 1. The minimum Gasteiger partial charge on any atom is -0.458 e. The maximum absolute atomic E-state index is 12.1. The van der Waals surface area contributed by atoms with Gasteiger partial charge in [0.25, 0.3) is 9.05 Å². The van der Waals surface area contributed by atoms with Crippen LogP contribution in [0.3, 0.4) is 0 Å². The molecule has 1 fully saturated rings. The summed E-state index contributed by atoms with van der Waals surface area (Å²) in [4.78, 5) is 12.0. The standard InChI is InChI=1S/C13H18ClNO5S/c1-9(2)15-7-11(21(14,17)18)6-12(15)13(16)20-8-10-4-3-5-19-10/h6-7,9-10H,3-5,8H2,1-2H3. The van der Waals surface area contributed by atoms with Crippen molar-refractivity contribution in [2.24, 2.45) is 0 Å². The molecule has 0 amide bonds. The number of carbonyl (C=O) groups is 1. The van der Waals surface area contributed by atoms with Crippen molar-refractivity contribution >= 4 is 25.7 Å². The normalized spacial score (nSPS) is 19.1. The van der Waals surface area contributed by atoms with Crippen LogP contribution in [0.15, 0.2) is 17.2 Å². The Morgan fingerprint density at radius 3 is 2.81 bits per heavy atom. The second-order valence-electron chi connectivity index (χ2n) is 5.23. The predicted octanol–water partition coefficient (Wildman–Crippen LogP) is 2.33. The Kier molecular flexibility index (Phi) is 4.95. The largest absolute Gasteiger partial charge is 0.458 e. The second-order valence-corrected chi connectivity index (χ2v) is 7.80. The van der Waals surface area contributed by atoms with E-state index >= 15 is 0 Å². The lowest BCUT2D eigenvalue weighted by Gasteiger charge is -2.13. The van der Waals surface area contributed by atoms with Gasteiger partial charge in [0.1, 0.15) is 17.2 Å². The molecule has 118 valence electrons. The molecule has 0 aliphatic carbocycles. The second kappa shape index (κ2) is 6.37. The van der Waals surface area contributed by atoms with Crippen LogP contribution in [-0.2, 0) is 18.5 Å². The van der Waals surface area contributed by atoms with Gasteiger partial charge in [-0.05, 0) is 32.8 Å². The van der Waals surface area contributed by atoms with Crippen molar-refractivity contribution in [3.8, 4) is 0 Å². The Labute approximate surface area is 128 Å². The van der Waals surface area contributed by atoms with Gasteiger partial charge >= 0.3 is 5.97 Å². The number of nitrogens with zero attached hydrogens (tertiary/aromatic N) is 1. The average Bonchev–Trinajstić information content (AvgIpc) is 3.04. The lowest BCUT2D eigenvalue weighted by Crippen LogP contribution is -2.20. The topological polar surface area (TPSA) is 74.6 Å². The summed E-state index contributed by atoms with van der Waals surface area (Å²) in [5, 5.41) is 0. The SMILES string of the molecule is CC(C)n1cc(S(=O)(=O)Cl)cc1C(=O)OCC1CCCO1. The fraction of sp³-hybridized carbons (Fsp3) is 0.615. The lowest BCUT2D eigenvalue weighted by molar-refractivity contribution is 0.0151. The van der Waals surface area contributed by atoms with Crippen molar-refractivity contribution in [3.63, 3.8) is 0 Å². The third kappa shape index (κ3) is 3.99. The molecule has 1 aromatic rings. The number of hydrogen-bond donors (Lipinski definition) is 0. The Morgan fingerprint density at radius 1 is 1.57 bits per heavy atom. The quantitative estimate of drug-likeness (QED) is 0.610. The molecule has 0 aromatic carbocycles. The van der Waals surface area contributed by atoms with E-state index in [0.717, 1.165) is 12.8 Å². The molecular weight excluding hydrogens is 318 g/mol. The van der Waals surface area contributed by atoms with Crippen LogP contribution in [0.25, 0.3) is 0 Å². The predicted molar refractivity (Wildman–Crippen MR) is 77.1 cm³/mol. The van der Waals surface area contributed by atoms with Gasteiger partial charge in [-0.3, -0.25) is 0 Å². The summed E-state index contributed by atoms with van der Waals surface area (Å²) in [5.74, 6) is -0.578. The molecule has 1 aliphatic rings. The number of ether oxygens (including phenoxy) is 2. The first-order valence-corrected chi connectivity index (χ1v) is 9.05. The third-order valence-corrected chi connectivity index (χ3v) is 4.62. The highest BCUT2D eigenvalue weighted by Gasteiger charge is 2.24. The van der Waals surface area contributed by atoms with Crippen molar-refractivity contribution in [3.05, 3.63) is 18.0 Å². The summed E-state index contributed by atoms with van der Waals surface area (Å²) in [6.45, 7) is 4.52. The zero-order valence-electron chi connectivity index (χ0n) is 11.9. The number of rotatable bonds is 5. The summed E-state index contributed by atoms with van der Waals surface area (Å²) >= 11 is 0. The summed E-state index contributed by atoms with van der Waals surface area (Å²) < 4.78 is 34.9. The van der Waals surface area contributed by atoms with E-state index in [1.54, 1.807) is 0 Å². The molecule has 1 aliphatic heterocycles. The molecule has 2 heterocycles. The molecular formula is C13H18ClNO5S. The third-order valence-electron chi connectivity index (χ3n) is 3.29. The molecule has 8 heteroatoms. The summed E-state index contributed by atoms with van der Waals surface area (Å²) in [5.41, 5.74) is 0.169. The van der Waals surface area contributed by atoms with Crippen molar-refractivity contribution < 1.29 is 22.7 Å². The fourth-order valence-electron chi connectivity index (χ4n) is 2.20. The Hall–Kier alpha value is -1.05. The summed E-state index contributed by atoms with van der Waals surface area (Å²) in [7, 11) is 1.44. The van der Waals surface area contributed by atoms with Crippen LogP contribution in [0.4, 0.5) is 0 Å². The number of aromatic nitrogens is 1. The van der Waals surface area contributed by atoms with Crippen LogP contribution in [0.2, 0.25) is 0 Å². The monoisotopic (exact) mass is 335 g/mol. The maximum Gasteiger partial charge on any atom is 0.355 e. The zero-order chi connectivity index (χ0) is 15.6. The Balaban J connectivity index is 2.16. The molecule has 0 radical (unpaired) electrons. The van der Waals surface area contributed by atoms with E-state index in [1.165, 1.54) is 16.8 Å². The number of carbonyl (C=O) groups excluding carboxylic acids is 1. The first-order chi connectivity index (χ1) is 9.79. The van der Waals surface area contributed by atoms with E-state index in [0.29, 0.717) is 6.61 Å². The highest BCUT2D eigenvalue weighted by Crippen LogP contribution is 2.23. The highest BCUT2D eigenvalue weighted by atomic mass is 35.7. The Bertz CT molecular complexity index is 617. The molecule has 0 N–H and O–H groups in total. The van der Waals surface area contributed by atoms with Crippen molar-refractivity contribution in [1.29, 1.82) is 0 Å². The molecule has 2 rings (SSSR count). The van der Waals surface area contributed by atoms with Gasteiger partial charge in [0.2, 0.25) is 0 Å². The van der Waals surface area contributed by atoms with Crippen LogP contribution in [0.1, 0.15) is 43.2 Å². The maximum atomic E-state index is 12.1. The lowest BCUT2D eigenvalue weighted by atomic mass is 10.2. The molecule has 6 nitrogen and oxygen atoms in total. The average molecular weight is 336 g/mol. The highest BCUT2D eigenvalue weighted by molar-refractivity contribution is 8.13. The van der Waals surface area contributed by atoms with Gasteiger partial charge in [-0.1, -0.05) is 0 Å². The Morgan fingerprint density at radius 2 is 2.29 bits per heavy atom. The van der Waals surface area contributed by atoms with Gasteiger partial charge in [0.15, 0.2) is 0 Å². The van der Waals surface area contributed by atoms with Crippen LogP contribution in [0, 0.1) is 0 Å².